The van der Waals surface area contributed by atoms with Gasteiger partial charge < -0.3 is 5.32 Å². The molecule has 0 atom stereocenters. The average Bonchev–Trinajstić information content (AvgIpc) is 2.48. The van der Waals surface area contributed by atoms with Crippen LogP contribution < -0.4 is 10.0 Å². The van der Waals surface area contributed by atoms with Gasteiger partial charge in [-0.1, -0.05) is 19.1 Å². The van der Waals surface area contributed by atoms with Gasteiger partial charge in [-0.15, -0.1) is 24.8 Å². The summed E-state index contributed by atoms with van der Waals surface area (Å²) in [6.45, 7) is 7.18. The molecule has 1 heterocycles. The first kappa shape index (κ1) is 21.6. The van der Waals surface area contributed by atoms with Gasteiger partial charge in [-0.25, -0.2) is 13.1 Å². The fourth-order valence-electron chi connectivity index (χ4n) is 2.26. The first-order chi connectivity index (χ1) is 9.62. The molecule has 0 unspecified atom stereocenters. The Morgan fingerprint density at radius 3 is 2.27 bits per heavy atom. The van der Waals surface area contributed by atoms with Crippen LogP contribution in [0.3, 0.4) is 0 Å². The molecule has 1 saturated heterocycles. The number of sulfonamides is 1. The lowest BCUT2D eigenvalue weighted by molar-refractivity contribution is 0.245. The third-order valence-electron chi connectivity index (χ3n) is 3.57. The molecule has 0 spiro atoms. The van der Waals surface area contributed by atoms with E-state index >= 15 is 0 Å². The molecule has 1 aliphatic rings. The van der Waals surface area contributed by atoms with Crippen molar-refractivity contribution in [1.29, 1.82) is 0 Å². The van der Waals surface area contributed by atoms with Crippen LogP contribution in [0.15, 0.2) is 29.2 Å². The first-order valence-corrected chi connectivity index (χ1v) is 8.62. The van der Waals surface area contributed by atoms with E-state index in [-0.39, 0.29) is 24.8 Å². The average molecular weight is 370 g/mol. The number of nitrogens with zero attached hydrogens (tertiary/aromatic N) is 1. The van der Waals surface area contributed by atoms with Gasteiger partial charge in [0.25, 0.3) is 0 Å². The molecule has 8 heteroatoms. The Morgan fingerprint density at radius 1 is 1.14 bits per heavy atom. The second kappa shape index (κ2) is 10.4. The largest absolute Gasteiger partial charge is 0.314 e. The summed E-state index contributed by atoms with van der Waals surface area (Å²) < 4.78 is 26.9. The molecule has 22 heavy (non-hydrogen) atoms. The third kappa shape index (κ3) is 6.40. The maximum Gasteiger partial charge on any atom is 0.240 e. The summed E-state index contributed by atoms with van der Waals surface area (Å²) in [6, 6.07) is 7.08. The second-order valence-electron chi connectivity index (χ2n) is 4.99. The number of aryl methyl sites for hydroxylation is 1. The van der Waals surface area contributed by atoms with Gasteiger partial charge in [0, 0.05) is 39.3 Å². The van der Waals surface area contributed by atoms with Gasteiger partial charge in [0.2, 0.25) is 10.0 Å². The van der Waals surface area contributed by atoms with Gasteiger partial charge in [0.15, 0.2) is 0 Å². The molecule has 2 N–H and O–H groups in total. The molecule has 1 fully saturated rings. The van der Waals surface area contributed by atoms with E-state index in [1.165, 1.54) is 0 Å². The molecule has 1 aliphatic heterocycles. The van der Waals surface area contributed by atoms with Crippen molar-refractivity contribution in [1.82, 2.24) is 14.9 Å². The highest BCUT2D eigenvalue weighted by Gasteiger charge is 2.14. The lowest BCUT2D eigenvalue weighted by Crippen LogP contribution is -2.46. The van der Waals surface area contributed by atoms with Crippen molar-refractivity contribution in [3.8, 4) is 0 Å². The van der Waals surface area contributed by atoms with Crippen molar-refractivity contribution in [2.45, 2.75) is 18.2 Å². The molecule has 0 aromatic heterocycles. The Kier molecular flexibility index (Phi) is 10.2. The molecule has 1 aromatic rings. The maximum absolute atomic E-state index is 12.1. The first-order valence-electron chi connectivity index (χ1n) is 7.13. The lowest BCUT2D eigenvalue weighted by Gasteiger charge is -2.27. The second-order valence-corrected chi connectivity index (χ2v) is 6.75. The SMILES string of the molecule is CCc1ccc(S(=O)(=O)NCCN2CCNCC2)cc1.Cl.Cl. The summed E-state index contributed by atoms with van der Waals surface area (Å²) in [7, 11) is -3.38. The number of nitrogens with one attached hydrogen (secondary N) is 2. The number of hydrogen-bond donors (Lipinski definition) is 2. The van der Waals surface area contributed by atoms with Gasteiger partial charge in [-0.2, -0.15) is 0 Å². The molecule has 1 aromatic carbocycles. The van der Waals surface area contributed by atoms with Crippen LogP contribution in [-0.2, 0) is 16.4 Å². The van der Waals surface area contributed by atoms with E-state index in [0.717, 1.165) is 44.7 Å². The van der Waals surface area contributed by atoms with Crippen LogP contribution in [0.2, 0.25) is 0 Å². The summed E-state index contributed by atoms with van der Waals surface area (Å²) in [5, 5.41) is 3.28. The minimum atomic E-state index is -3.38. The van der Waals surface area contributed by atoms with Gasteiger partial charge in [0.1, 0.15) is 0 Å². The topological polar surface area (TPSA) is 61.4 Å². The van der Waals surface area contributed by atoms with Crippen LogP contribution in [0.25, 0.3) is 0 Å². The van der Waals surface area contributed by atoms with Crippen molar-refractivity contribution in [2.24, 2.45) is 0 Å². The van der Waals surface area contributed by atoms with Crippen LogP contribution in [0.4, 0.5) is 0 Å². The van der Waals surface area contributed by atoms with Gasteiger partial charge in [-0.3, -0.25) is 4.90 Å². The Morgan fingerprint density at radius 2 is 1.73 bits per heavy atom. The molecular formula is C14H25Cl2N3O2S. The van der Waals surface area contributed by atoms with Crippen molar-refractivity contribution in [3.05, 3.63) is 29.8 Å². The zero-order valence-electron chi connectivity index (χ0n) is 12.7. The Labute approximate surface area is 145 Å². The number of hydrogen-bond acceptors (Lipinski definition) is 4. The number of halogens is 2. The predicted octanol–water partition coefficient (Wildman–Crippen LogP) is 1.28. The molecule has 0 radical (unpaired) electrons. The normalized spacial score (nSPS) is 15.7. The van der Waals surface area contributed by atoms with Crippen LogP contribution in [-0.4, -0.2) is 52.6 Å². The molecule has 2 rings (SSSR count). The van der Waals surface area contributed by atoms with E-state index in [4.69, 9.17) is 0 Å². The zero-order valence-corrected chi connectivity index (χ0v) is 15.2. The highest BCUT2D eigenvalue weighted by Crippen LogP contribution is 2.10. The van der Waals surface area contributed by atoms with Crippen LogP contribution in [0.1, 0.15) is 12.5 Å². The van der Waals surface area contributed by atoms with Crippen molar-refractivity contribution in [2.75, 3.05) is 39.3 Å². The summed E-state index contributed by atoms with van der Waals surface area (Å²) in [6.07, 6.45) is 0.913. The smallest absolute Gasteiger partial charge is 0.240 e. The molecule has 5 nitrogen and oxygen atoms in total. The fraction of sp³-hybridized carbons (Fsp3) is 0.571. The predicted molar refractivity (Wildman–Crippen MR) is 94.8 cm³/mol. The monoisotopic (exact) mass is 369 g/mol. The molecule has 0 amide bonds. The molecule has 0 aliphatic carbocycles. The molecular weight excluding hydrogens is 345 g/mol. The van der Waals surface area contributed by atoms with E-state index in [0.29, 0.717) is 11.4 Å². The Bertz CT molecular complexity index is 517. The standard InChI is InChI=1S/C14H23N3O2S.2ClH/c1-2-13-3-5-14(6-4-13)20(18,19)16-9-12-17-10-7-15-8-11-17;;/h3-6,15-16H,2,7-12H2,1H3;2*1H. The highest BCUT2D eigenvalue weighted by atomic mass is 35.5. The van der Waals surface area contributed by atoms with E-state index in [9.17, 15) is 8.42 Å². The third-order valence-corrected chi connectivity index (χ3v) is 5.05. The van der Waals surface area contributed by atoms with E-state index < -0.39 is 10.0 Å². The zero-order chi connectivity index (χ0) is 14.4. The quantitative estimate of drug-likeness (QED) is 0.792. The maximum atomic E-state index is 12.1. The van der Waals surface area contributed by atoms with Gasteiger partial charge >= 0.3 is 0 Å². The Balaban J connectivity index is 0.00000220. The lowest BCUT2D eigenvalue weighted by atomic mass is 10.2. The highest BCUT2D eigenvalue weighted by molar-refractivity contribution is 7.89. The van der Waals surface area contributed by atoms with Crippen molar-refractivity contribution >= 4 is 34.8 Å². The van der Waals surface area contributed by atoms with Crippen molar-refractivity contribution in [3.63, 3.8) is 0 Å². The van der Waals surface area contributed by atoms with Gasteiger partial charge in [-0.05, 0) is 24.1 Å². The van der Waals surface area contributed by atoms with E-state index in [1.807, 2.05) is 12.1 Å². The number of benzene rings is 1. The number of rotatable bonds is 6. The van der Waals surface area contributed by atoms with E-state index in [2.05, 4.69) is 21.9 Å². The number of piperazine rings is 1. The van der Waals surface area contributed by atoms with Gasteiger partial charge in [0.05, 0.1) is 4.90 Å². The van der Waals surface area contributed by atoms with Crippen LogP contribution in [0.5, 0.6) is 0 Å². The summed E-state index contributed by atoms with van der Waals surface area (Å²) >= 11 is 0. The van der Waals surface area contributed by atoms with Crippen molar-refractivity contribution < 1.29 is 8.42 Å². The molecule has 0 bridgehead atoms. The fourth-order valence-corrected chi connectivity index (χ4v) is 3.28. The summed E-state index contributed by atoms with van der Waals surface area (Å²) in [5.74, 6) is 0. The Hall–Kier alpha value is -0.370. The molecule has 0 saturated carbocycles. The van der Waals surface area contributed by atoms with E-state index in [1.54, 1.807) is 12.1 Å². The summed E-state index contributed by atoms with van der Waals surface area (Å²) in [5.41, 5.74) is 1.14. The summed E-state index contributed by atoms with van der Waals surface area (Å²) in [4.78, 5) is 2.61. The van der Waals surface area contributed by atoms with Crippen LogP contribution >= 0.6 is 24.8 Å². The molecule has 128 valence electrons. The minimum absolute atomic E-state index is 0. The minimum Gasteiger partial charge on any atom is -0.314 e. The van der Waals surface area contributed by atoms with Crippen LogP contribution in [0, 0.1) is 0 Å².